The van der Waals surface area contributed by atoms with Crippen LogP contribution in [-0.4, -0.2) is 12.6 Å². The van der Waals surface area contributed by atoms with Crippen molar-refractivity contribution >= 4 is 17.5 Å². The lowest BCUT2D eigenvalue weighted by molar-refractivity contribution is -0.137. The van der Waals surface area contributed by atoms with Gasteiger partial charge in [0.25, 0.3) is 0 Å². The molecule has 0 atom stereocenters. The number of rotatable bonds is 2. The maximum absolute atomic E-state index is 12.8. The zero-order valence-electron chi connectivity index (χ0n) is 13.1. The monoisotopic (exact) mass is 351 g/mol. The van der Waals surface area contributed by atoms with E-state index in [1.54, 1.807) is 12.1 Å². The number of nitrogen functional groups attached to an aromatic ring is 1. The first-order valence-corrected chi connectivity index (χ1v) is 7.55. The first-order valence-electron chi connectivity index (χ1n) is 7.55. The lowest BCUT2D eigenvalue weighted by atomic mass is 9.96. The fourth-order valence-electron chi connectivity index (χ4n) is 2.88. The van der Waals surface area contributed by atoms with E-state index in [9.17, 15) is 18.0 Å². The van der Waals surface area contributed by atoms with Crippen LogP contribution in [0.15, 0.2) is 36.4 Å². The highest BCUT2D eigenvalue weighted by Gasteiger charge is 2.31. The molecule has 0 radical (unpaired) electrons. The van der Waals surface area contributed by atoms with Crippen molar-refractivity contribution in [2.45, 2.75) is 19.1 Å². The number of anilines is 2. The minimum Gasteiger partial charge on any atom is -0.408 e. The number of alkyl halides is 3. The molecule has 1 amide bonds. The topological polar surface area (TPSA) is 81.6 Å². The van der Waals surface area contributed by atoms with Crippen molar-refractivity contribution in [2.24, 2.45) is 5.73 Å². The van der Waals surface area contributed by atoms with Crippen molar-refractivity contribution < 1.29 is 22.7 Å². The number of hydrogen-bond acceptors (Lipinski definition) is 4. The molecule has 0 unspecified atom stereocenters. The minimum atomic E-state index is -4.34. The number of fused-ring (bicyclic) bond motifs is 1. The Morgan fingerprint density at radius 2 is 1.88 bits per heavy atom. The summed E-state index contributed by atoms with van der Waals surface area (Å²) in [6.07, 6.45) is -4.79. The van der Waals surface area contributed by atoms with E-state index in [2.05, 4.69) is 0 Å². The Hall–Kier alpha value is -2.90. The zero-order valence-corrected chi connectivity index (χ0v) is 13.1. The van der Waals surface area contributed by atoms with Crippen LogP contribution in [0.5, 0.6) is 5.75 Å². The Bertz CT molecular complexity index is 821. The number of amides is 1. The van der Waals surface area contributed by atoms with E-state index in [4.69, 9.17) is 16.2 Å². The third kappa shape index (κ3) is 3.62. The lowest BCUT2D eigenvalue weighted by Crippen LogP contribution is -2.30. The third-order valence-electron chi connectivity index (χ3n) is 4.11. The molecule has 0 fully saturated rings. The van der Waals surface area contributed by atoms with E-state index in [1.807, 2.05) is 4.90 Å². The number of hydrogen-bond donors (Lipinski definition) is 2. The van der Waals surface area contributed by atoms with Crippen molar-refractivity contribution in [1.82, 2.24) is 0 Å². The van der Waals surface area contributed by atoms with Crippen molar-refractivity contribution in [3.63, 3.8) is 0 Å². The number of nitrogens with two attached hydrogens (primary N) is 2. The minimum absolute atomic E-state index is 0.170. The number of carbonyl (C=O) groups is 1. The standard InChI is InChI=1S/C17H16F3N3O2/c18-17(19,20)12-2-1-11-9-23(6-5-10(11)7-12)13-3-4-15(14(21)8-13)25-16(22)24/h1-4,7-8H,5-6,9,21H2,(H2,22,24). The average Bonchev–Trinajstić information content (AvgIpc) is 2.54. The van der Waals surface area contributed by atoms with Crippen LogP contribution >= 0.6 is 0 Å². The number of carbonyl (C=O) groups excluding carboxylic acids is 1. The quantitative estimate of drug-likeness (QED) is 0.814. The number of benzene rings is 2. The summed E-state index contributed by atoms with van der Waals surface area (Å²) in [6, 6.07) is 8.73. The van der Waals surface area contributed by atoms with Crippen LogP contribution in [0.25, 0.3) is 0 Å². The van der Waals surface area contributed by atoms with E-state index >= 15 is 0 Å². The summed E-state index contributed by atoms with van der Waals surface area (Å²) in [6.45, 7) is 1.03. The molecular formula is C17H16F3N3O2. The fraction of sp³-hybridized carbons (Fsp3) is 0.235. The van der Waals surface area contributed by atoms with Crippen LogP contribution < -0.4 is 21.1 Å². The van der Waals surface area contributed by atoms with Crippen LogP contribution in [0.3, 0.4) is 0 Å². The summed E-state index contributed by atoms with van der Waals surface area (Å²) in [5.74, 6) is 0.170. The normalized spacial score (nSPS) is 14.1. The molecule has 5 nitrogen and oxygen atoms in total. The van der Waals surface area contributed by atoms with Gasteiger partial charge >= 0.3 is 12.3 Å². The highest BCUT2D eigenvalue weighted by atomic mass is 19.4. The Labute approximate surface area is 142 Å². The van der Waals surface area contributed by atoms with Gasteiger partial charge in [0.1, 0.15) is 0 Å². The van der Waals surface area contributed by atoms with Crippen molar-refractivity contribution in [3.8, 4) is 5.75 Å². The van der Waals surface area contributed by atoms with E-state index in [-0.39, 0.29) is 11.4 Å². The van der Waals surface area contributed by atoms with Crippen LogP contribution in [0.1, 0.15) is 16.7 Å². The second-order valence-corrected chi connectivity index (χ2v) is 5.80. The van der Waals surface area contributed by atoms with E-state index in [1.165, 1.54) is 18.2 Å². The SMILES string of the molecule is NC(=O)Oc1ccc(N2CCc3cc(C(F)(F)F)ccc3C2)cc1N. The summed E-state index contributed by atoms with van der Waals surface area (Å²) in [4.78, 5) is 12.8. The first kappa shape index (κ1) is 16.9. The van der Waals surface area contributed by atoms with Gasteiger partial charge in [-0.1, -0.05) is 6.07 Å². The molecule has 0 saturated carbocycles. The van der Waals surface area contributed by atoms with Gasteiger partial charge in [-0.25, -0.2) is 4.79 Å². The van der Waals surface area contributed by atoms with E-state index < -0.39 is 17.8 Å². The van der Waals surface area contributed by atoms with Gasteiger partial charge in [0.15, 0.2) is 5.75 Å². The maximum atomic E-state index is 12.8. The molecule has 4 N–H and O–H groups in total. The van der Waals surface area contributed by atoms with Crippen LogP contribution in [0.2, 0.25) is 0 Å². The molecule has 25 heavy (non-hydrogen) atoms. The van der Waals surface area contributed by atoms with E-state index in [0.717, 1.165) is 17.3 Å². The summed E-state index contributed by atoms with van der Waals surface area (Å²) in [7, 11) is 0. The average molecular weight is 351 g/mol. The molecule has 0 aromatic heterocycles. The number of ether oxygens (including phenoxy) is 1. The van der Waals surface area contributed by atoms with Gasteiger partial charge in [-0.05, 0) is 47.9 Å². The molecule has 2 aromatic carbocycles. The highest BCUT2D eigenvalue weighted by Crippen LogP contribution is 2.34. The van der Waals surface area contributed by atoms with Gasteiger partial charge in [-0.2, -0.15) is 13.2 Å². The molecule has 1 heterocycles. The van der Waals surface area contributed by atoms with Crippen LogP contribution in [-0.2, 0) is 19.1 Å². The molecule has 0 saturated heterocycles. The lowest BCUT2D eigenvalue weighted by Gasteiger charge is -2.31. The highest BCUT2D eigenvalue weighted by molar-refractivity contribution is 5.73. The first-order chi connectivity index (χ1) is 11.7. The molecule has 3 rings (SSSR count). The summed E-state index contributed by atoms with van der Waals surface area (Å²) in [5.41, 5.74) is 12.8. The third-order valence-corrected chi connectivity index (χ3v) is 4.11. The Balaban J connectivity index is 1.81. The summed E-state index contributed by atoms with van der Waals surface area (Å²) in [5, 5.41) is 0. The molecule has 2 aromatic rings. The van der Waals surface area contributed by atoms with Gasteiger partial charge in [-0.3, -0.25) is 0 Å². The smallest absolute Gasteiger partial charge is 0.408 e. The molecule has 1 aliphatic rings. The molecule has 8 heteroatoms. The van der Waals surface area contributed by atoms with Gasteiger partial charge in [-0.15, -0.1) is 0 Å². The van der Waals surface area contributed by atoms with Crippen molar-refractivity contribution in [1.29, 1.82) is 0 Å². The second-order valence-electron chi connectivity index (χ2n) is 5.80. The van der Waals surface area contributed by atoms with Crippen LogP contribution in [0.4, 0.5) is 29.3 Å². The van der Waals surface area contributed by atoms with Crippen LogP contribution in [0, 0.1) is 0 Å². The molecular weight excluding hydrogens is 335 g/mol. The molecule has 132 valence electrons. The largest absolute Gasteiger partial charge is 0.416 e. The Morgan fingerprint density at radius 1 is 1.12 bits per heavy atom. The molecule has 0 aliphatic carbocycles. The van der Waals surface area contributed by atoms with Gasteiger partial charge in [0, 0.05) is 18.8 Å². The van der Waals surface area contributed by atoms with Gasteiger partial charge in [0.2, 0.25) is 0 Å². The van der Waals surface area contributed by atoms with Gasteiger partial charge < -0.3 is 21.1 Å². The fourth-order valence-corrected chi connectivity index (χ4v) is 2.88. The summed E-state index contributed by atoms with van der Waals surface area (Å²) < 4.78 is 43.2. The number of primary amides is 1. The summed E-state index contributed by atoms with van der Waals surface area (Å²) >= 11 is 0. The maximum Gasteiger partial charge on any atom is 0.416 e. The predicted molar refractivity (Wildman–Crippen MR) is 87.3 cm³/mol. The zero-order chi connectivity index (χ0) is 18.2. The molecule has 0 bridgehead atoms. The second kappa shape index (κ2) is 6.19. The van der Waals surface area contributed by atoms with Crippen molar-refractivity contribution in [2.75, 3.05) is 17.2 Å². The molecule has 1 aliphatic heterocycles. The van der Waals surface area contributed by atoms with E-state index in [0.29, 0.717) is 25.1 Å². The number of halogens is 3. The Morgan fingerprint density at radius 3 is 2.52 bits per heavy atom. The van der Waals surface area contributed by atoms with Gasteiger partial charge in [0.05, 0.1) is 11.3 Å². The van der Waals surface area contributed by atoms with Crippen molar-refractivity contribution in [3.05, 3.63) is 53.1 Å². The number of nitrogens with zero attached hydrogens (tertiary/aromatic N) is 1. The molecule has 0 spiro atoms. The predicted octanol–water partition coefficient (Wildman–Crippen LogP) is 3.31. The Kier molecular flexibility index (Phi) is 4.20.